The van der Waals surface area contributed by atoms with Gasteiger partial charge in [0.1, 0.15) is 17.3 Å². The summed E-state index contributed by atoms with van der Waals surface area (Å²) in [4.78, 5) is 19.5. The van der Waals surface area contributed by atoms with Crippen molar-refractivity contribution in [2.45, 2.75) is 26.1 Å². The van der Waals surface area contributed by atoms with Crippen LogP contribution in [0, 0.1) is 12.7 Å². The number of pyridine rings is 1. The Hall–Kier alpha value is -3.10. The number of hydrogen-bond acceptors (Lipinski definition) is 3. The summed E-state index contributed by atoms with van der Waals surface area (Å²) in [6.45, 7) is 1.82. The number of nitrogens with zero attached hydrogens (tertiary/aromatic N) is 1. The molecule has 148 valence electrons. The molecule has 0 aliphatic heterocycles. The van der Waals surface area contributed by atoms with E-state index in [1.807, 2.05) is 0 Å². The van der Waals surface area contributed by atoms with Crippen LogP contribution >= 0.6 is 0 Å². The highest BCUT2D eigenvalue weighted by molar-refractivity contribution is 5.98. The second-order valence-corrected chi connectivity index (χ2v) is 6.33. The molecule has 9 heteroatoms. The normalized spacial score (nSPS) is 12.8. The SMILES string of the molecule is Cc1nc(C(C)NC(=O)c2cc3cc(F)ccc3[nH]2)ccc1OCC(F)(F)F. The van der Waals surface area contributed by atoms with Gasteiger partial charge in [-0.3, -0.25) is 9.78 Å². The number of ether oxygens (including phenoxy) is 1. The number of nitrogens with one attached hydrogen (secondary N) is 2. The molecular formula is C19H17F4N3O2. The number of aromatic amines is 1. The molecular weight excluding hydrogens is 378 g/mol. The van der Waals surface area contributed by atoms with Crippen LogP contribution < -0.4 is 10.1 Å². The Morgan fingerprint density at radius 3 is 2.68 bits per heavy atom. The maximum absolute atomic E-state index is 13.3. The van der Waals surface area contributed by atoms with Gasteiger partial charge in [-0.05, 0) is 50.2 Å². The van der Waals surface area contributed by atoms with E-state index in [9.17, 15) is 22.4 Å². The van der Waals surface area contributed by atoms with Gasteiger partial charge in [0, 0.05) is 10.9 Å². The first-order chi connectivity index (χ1) is 13.1. The molecule has 1 unspecified atom stereocenters. The first-order valence-electron chi connectivity index (χ1n) is 8.38. The maximum Gasteiger partial charge on any atom is 0.422 e. The van der Waals surface area contributed by atoms with E-state index in [0.717, 1.165) is 0 Å². The number of fused-ring (bicyclic) bond motifs is 1. The Balaban J connectivity index is 1.70. The Morgan fingerprint density at radius 2 is 2.00 bits per heavy atom. The second kappa shape index (κ2) is 7.49. The van der Waals surface area contributed by atoms with Crippen molar-refractivity contribution >= 4 is 16.8 Å². The summed E-state index contributed by atoms with van der Waals surface area (Å²) < 4.78 is 54.8. The topological polar surface area (TPSA) is 67.0 Å². The van der Waals surface area contributed by atoms with Gasteiger partial charge in [-0.25, -0.2) is 4.39 Å². The quantitative estimate of drug-likeness (QED) is 0.628. The summed E-state index contributed by atoms with van der Waals surface area (Å²) in [5, 5.41) is 3.31. The van der Waals surface area contributed by atoms with Crippen molar-refractivity contribution < 1.29 is 27.1 Å². The minimum absolute atomic E-state index is 0.0252. The van der Waals surface area contributed by atoms with Crippen molar-refractivity contribution in [3.05, 3.63) is 59.3 Å². The summed E-state index contributed by atoms with van der Waals surface area (Å²) >= 11 is 0. The molecule has 0 spiro atoms. The number of aromatic nitrogens is 2. The number of hydrogen-bond donors (Lipinski definition) is 2. The average molecular weight is 395 g/mol. The lowest BCUT2D eigenvalue weighted by Crippen LogP contribution is -2.27. The van der Waals surface area contributed by atoms with Crippen LogP contribution in [0.25, 0.3) is 10.9 Å². The van der Waals surface area contributed by atoms with Crippen molar-refractivity contribution in [3.8, 4) is 5.75 Å². The number of rotatable bonds is 5. The fraction of sp³-hybridized carbons (Fsp3) is 0.263. The zero-order chi connectivity index (χ0) is 20.5. The third-order valence-corrected chi connectivity index (χ3v) is 4.07. The highest BCUT2D eigenvalue weighted by Crippen LogP contribution is 2.23. The number of benzene rings is 1. The lowest BCUT2D eigenvalue weighted by Gasteiger charge is -2.16. The van der Waals surface area contributed by atoms with E-state index in [4.69, 9.17) is 4.74 Å². The molecule has 2 heterocycles. The average Bonchev–Trinajstić information content (AvgIpc) is 3.03. The summed E-state index contributed by atoms with van der Waals surface area (Å²) in [6, 6.07) is 8.05. The zero-order valence-corrected chi connectivity index (χ0v) is 15.0. The molecule has 3 rings (SSSR count). The minimum atomic E-state index is -4.44. The van der Waals surface area contributed by atoms with Crippen molar-refractivity contribution in [3.63, 3.8) is 0 Å². The Morgan fingerprint density at radius 1 is 1.25 bits per heavy atom. The Labute approximate surface area is 157 Å². The fourth-order valence-electron chi connectivity index (χ4n) is 2.70. The third-order valence-electron chi connectivity index (χ3n) is 4.07. The number of alkyl halides is 3. The second-order valence-electron chi connectivity index (χ2n) is 6.33. The molecule has 2 aromatic heterocycles. The van der Waals surface area contributed by atoms with E-state index in [-0.39, 0.29) is 17.1 Å². The largest absolute Gasteiger partial charge is 0.482 e. The summed E-state index contributed by atoms with van der Waals surface area (Å²) in [7, 11) is 0. The van der Waals surface area contributed by atoms with Crippen LogP contribution in [0.2, 0.25) is 0 Å². The van der Waals surface area contributed by atoms with Crippen LogP contribution in [0.4, 0.5) is 17.6 Å². The van der Waals surface area contributed by atoms with E-state index in [0.29, 0.717) is 16.6 Å². The van der Waals surface area contributed by atoms with Crippen LogP contribution in [0.1, 0.15) is 34.8 Å². The monoisotopic (exact) mass is 395 g/mol. The number of amides is 1. The van der Waals surface area contributed by atoms with Crippen LogP contribution in [-0.4, -0.2) is 28.7 Å². The molecule has 0 fully saturated rings. The molecule has 0 aliphatic rings. The van der Waals surface area contributed by atoms with E-state index in [1.54, 1.807) is 6.92 Å². The molecule has 3 aromatic rings. The molecule has 2 N–H and O–H groups in total. The predicted molar refractivity (Wildman–Crippen MR) is 94.7 cm³/mol. The summed E-state index contributed by atoms with van der Waals surface area (Å²) in [5.41, 5.74) is 1.63. The standard InChI is InChI=1S/C19H17F4N3O2/c1-10(14-5-6-17(11(2)24-14)28-9-19(21,22)23)25-18(27)16-8-12-7-13(20)3-4-15(12)26-16/h3-8,10,26H,9H2,1-2H3,(H,25,27). The first-order valence-corrected chi connectivity index (χ1v) is 8.38. The molecule has 0 bridgehead atoms. The van der Waals surface area contributed by atoms with E-state index in [2.05, 4.69) is 15.3 Å². The third kappa shape index (κ3) is 4.59. The summed E-state index contributed by atoms with van der Waals surface area (Å²) in [5.74, 6) is -0.794. The van der Waals surface area contributed by atoms with Crippen LogP contribution in [-0.2, 0) is 0 Å². The van der Waals surface area contributed by atoms with Gasteiger partial charge in [-0.15, -0.1) is 0 Å². The van der Waals surface area contributed by atoms with Gasteiger partial charge in [0.15, 0.2) is 6.61 Å². The van der Waals surface area contributed by atoms with Crippen LogP contribution in [0.5, 0.6) is 5.75 Å². The fourth-order valence-corrected chi connectivity index (χ4v) is 2.70. The van der Waals surface area contributed by atoms with E-state index >= 15 is 0 Å². The highest BCUT2D eigenvalue weighted by atomic mass is 19.4. The van der Waals surface area contributed by atoms with Gasteiger partial charge in [0.05, 0.1) is 17.4 Å². The molecule has 1 amide bonds. The molecule has 0 saturated heterocycles. The molecule has 1 aromatic carbocycles. The van der Waals surface area contributed by atoms with Crippen LogP contribution in [0.15, 0.2) is 36.4 Å². The Kier molecular flexibility index (Phi) is 5.26. The maximum atomic E-state index is 13.3. The van der Waals surface area contributed by atoms with Crippen molar-refractivity contribution in [1.29, 1.82) is 0 Å². The smallest absolute Gasteiger partial charge is 0.422 e. The van der Waals surface area contributed by atoms with Gasteiger partial charge >= 0.3 is 6.18 Å². The minimum Gasteiger partial charge on any atom is -0.482 e. The molecule has 0 radical (unpaired) electrons. The number of aryl methyl sites for hydroxylation is 1. The molecule has 0 saturated carbocycles. The van der Waals surface area contributed by atoms with Crippen molar-refractivity contribution in [1.82, 2.24) is 15.3 Å². The molecule has 28 heavy (non-hydrogen) atoms. The lowest BCUT2D eigenvalue weighted by molar-refractivity contribution is -0.153. The molecule has 5 nitrogen and oxygen atoms in total. The predicted octanol–water partition coefficient (Wildman–Crippen LogP) is 4.44. The number of carbonyl (C=O) groups excluding carboxylic acids is 1. The first kappa shape index (κ1) is 19.7. The molecule has 1 atom stereocenters. The van der Waals surface area contributed by atoms with Gasteiger partial charge in [0.2, 0.25) is 0 Å². The van der Waals surface area contributed by atoms with Gasteiger partial charge < -0.3 is 15.0 Å². The number of H-pyrrole nitrogens is 1. The van der Waals surface area contributed by atoms with Crippen molar-refractivity contribution in [2.24, 2.45) is 0 Å². The number of carbonyl (C=O) groups is 1. The lowest BCUT2D eigenvalue weighted by atomic mass is 10.2. The zero-order valence-electron chi connectivity index (χ0n) is 15.0. The van der Waals surface area contributed by atoms with Gasteiger partial charge in [0.25, 0.3) is 5.91 Å². The van der Waals surface area contributed by atoms with Gasteiger partial charge in [-0.1, -0.05) is 0 Å². The number of halogens is 4. The molecule has 0 aliphatic carbocycles. The van der Waals surface area contributed by atoms with Crippen LogP contribution in [0.3, 0.4) is 0 Å². The highest BCUT2D eigenvalue weighted by Gasteiger charge is 2.28. The van der Waals surface area contributed by atoms with Crippen molar-refractivity contribution in [2.75, 3.05) is 6.61 Å². The van der Waals surface area contributed by atoms with E-state index < -0.39 is 30.5 Å². The van der Waals surface area contributed by atoms with E-state index in [1.165, 1.54) is 43.3 Å². The van der Waals surface area contributed by atoms with Gasteiger partial charge in [-0.2, -0.15) is 13.2 Å². The Bertz CT molecular complexity index is 1010. The summed E-state index contributed by atoms with van der Waals surface area (Å²) in [6.07, 6.45) is -4.44.